The fourth-order valence-electron chi connectivity index (χ4n) is 2.02. The Morgan fingerprint density at radius 2 is 1.90 bits per heavy atom. The molecule has 20 heavy (non-hydrogen) atoms. The van der Waals surface area contributed by atoms with Crippen molar-refractivity contribution < 1.29 is 4.79 Å². The van der Waals surface area contributed by atoms with E-state index in [2.05, 4.69) is 26.3 Å². The summed E-state index contributed by atoms with van der Waals surface area (Å²) in [6.07, 6.45) is 0. The summed E-state index contributed by atoms with van der Waals surface area (Å²) in [5.74, 6) is 0.665. The molecule has 0 saturated heterocycles. The molecule has 0 aliphatic heterocycles. The molecule has 0 bridgehead atoms. The maximum atomic E-state index is 12.0. The van der Waals surface area contributed by atoms with Gasteiger partial charge in [0.15, 0.2) is 0 Å². The molecule has 1 aromatic carbocycles. The fraction of sp³-hybridized carbons (Fsp3) is 0.333. The Morgan fingerprint density at radius 3 is 2.45 bits per heavy atom. The van der Waals surface area contributed by atoms with E-state index in [1.807, 2.05) is 52.1 Å². The number of amides is 1. The first-order valence-electron chi connectivity index (χ1n) is 6.50. The van der Waals surface area contributed by atoms with Crippen LogP contribution in [0.2, 0.25) is 0 Å². The topological polar surface area (TPSA) is 46.9 Å². The van der Waals surface area contributed by atoms with Crippen LogP contribution in [0.15, 0.2) is 28.7 Å². The number of nitrogens with one attached hydrogen (secondary N) is 1. The second-order valence-corrected chi connectivity index (χ2v) is 6.00. The normalized spacial score (nSPS) is 10.9. The Hall–Kier alpha value is -1.62. The summed E-state index contributed by atoms with van der Waals surface area (Å²) in [5.41, 5.74) is 2.90. The molecule has 1 heterocycles. The van der Waals surface area contributed by atoms with Gasteiger partial charge in [-0.15, -0.1) is 0 Å². The van der Waals surface area contributed by atoms with Crippen LogP contribution >= 0.6 is 15.9 Å². The molecule has 2 aromatic rings. The van der Waals surface area contributed by atoms with Gasteiger partial charge in [0.25, 0.3) is 0 Å². The van der Waals surface area contributed by atoms with Gasteiger partial charge in [0.05, 0.1) is 5.69 Å². The van der Waals surface area contributed by atoms with Gasteiger partial charge in [-0.05, 0) is 24.6 Å². The van der Waals surface area contributed by atoms with Crippen molar-refractivity contribution in [3.63, 3.8) is 0 Å². The predicted molar refractivity (Wildman–Crippen MR) is 84.5 cm³/mol. The van der Waals surface area contributed by atoms with Crippen molar-refractivity contribution in [1.82, 2.24) is 9.78 Å². The minimum Gasteiger partial charge on any atom is -0.310 e. The lowest BCUT2D eigenvalue weighted by Gasteiger charge is -2.11. The second-order valence-electron chi connectivity index (χ2n) is 5.08. The molecular formula is C15H18BrN3O. The molecule has 1 N–H and O–H groups in total. The zero-order chi connectivity index (χ0) is 14.9. The smallest absolute Gasteiger partial charge is 0.228 e. The van der Waals surface area contributed by atoms with Crippen LogP contribution in [0.5, 0.6) is 0 Å². The minimum atomic E-state index is -0.0667. The van der Waals surface area contributed by atoms with Crippen molar-refractivity contribution in [2.24, 2.45) is 13.0 Å². The molecule has 0 fully saturated rings. The lowest BCUT2D eigenvalue weighted by Crippen LogP contribution is -2.20. The molecule has 0 aliphatic rings. The Morgan fingerprint density at radius 1 is 1.30 bits per heavy atom. The van der Waals surface area contributed by atoms with Gasteiger partial charge in [-0.3, -0.25) is 9.48 Å². The van der Waals surface area contributed by atoms with Crippen molar-refractivity contribution in [2.45, 2.75) is 20.8 Å². The number of rotatable bonds is 3. The number of hydrogen-bond donors (Lipinski definition) is 1. The molecule has 1 amide bonds. The van der Waals surface area contributed by atoms with Gasteiger partial charge in [0.1, 0.15) is 5.82 Å². The van der Waals surface area contributed by atoms with Gasteiger partial charge in [-0.1, -0.05) is 41.9 Å². The van der Waals surface area contributed by atoms with Crippen molar-refractivity contribution in [3.8, 4) is 11.1 Å². The molecule has 4 nitrogen and oxygen atoms in total. The third-order valence-corrected chi connectivity index (χ3v) is 3.65. The maximum Gasteiger partial charge on any atom is 0.228 e. The van der Waals surface area contributed by atoms with E-state index in [1.165, 1.54) is 0 Å². The summed E-state index contributed by atoms with van der Waals surface area (Å²) < 4.78 is 2.74. The highest BCUT2D eigenvalue weighted by atomic mass is 79.9. The van der Waals surface area contributed by atoms with Gasteiger partial charge in [-0.25, -0.2) is 0 Å². The molecule has 0 atom stereocenters. The average Bonchev–Trinajstić information content (AvgIpc) is 2.65. The van der Waals surface area contributed by atoms with Crippen molar-refractivity contribution in [1.29, 1.82) is 0 Å². The summed E-state index contributed by atoms with van der Waals surface area (Å²) in [7, 11) is 1.84. The minimum absolute atomic E-state index is 0.00800. The zero-order valence-electron chi connectivity index (χ0n) is 12.1. The Balaban J connectivity index is 2.47. The Bertz CT molecular complexity index is 629. The second kappa shape index (κ2) is 5.79. The average molecular weight is 336 g/mol. The first kappa shape index (κ1) is 14.8. The highest BCUT2D eigenvalue weighted by Gasteiger charge is 2.18. The Kier molecular flexibility index (Phi) is 4.28. The van der Waals surface area contributed by atoms with E-state index in [0.29, 0.717) is 0 Å². The molecule has 1 aromatic heterocycles. The van der Waals surface area contributed by atoms with Gasteiger partial charge in [0, 0.05) is 23.0 Å². The summed E-state index contributed by atoms with van der Waals surface area (Å²) in [5, 5.41) is 7.37. The number of carbonyl (C=O) groups is 1. The summed E-state index contributed by atoms with van der Waals surface area (Å²) >= 11 is 3.43. The highest BCUT2D eigenvalue weighted by Crippen LogP contribution is 2.32. The van der Waals surface area contributed by atoms with Crippen LogP contribution in [0.1, 0.15) is 19.5 Å². The molecule has 0 radical (unpaired) electrons. The van der Waals surface area contributed by atoms with Crippen LogP contribution in [0.25, 0.3) is 11.1 Å². The van der Waals surface area contributed by atoms with E-state index in [1.54, 1.807) is 4.68 Å². The molecule has 5 heteroatoms. The molecule has 0 aliphatic carbocycles. The van der Waals surface area contributed by atoms with Crippen molar-refractivity contribution in [3.05, 3.63) is 34.4 Å². The summed E-state index contributed by atoms with van der Waals surface area (Å²) in [4.78, 5) is 12.0. The van der Waals surface area contributed by atoms with Crippen LogP contribution in [-0.4, -0.2) is 15.7 Å². The van der Waals surface area contributed by atoms with Crippen LogP contribution in [0, 0.1) is 12.8 Å². The Labute approximate surface area is 127 Å². The highest BCUT2D eigenvalue weighted by molar-refractivity contribution is 9.10. The number of halogens is 1. The largest absolute Gasteiger partial charge is 0.310 e. The number of benzene rings is 1. The third-order valence-electron chi connectivity index (χ3n) is 3.12. The molecule has 106 valence electrons. The number of anilines is 1. The summed E-state index contributed by atoms with van der Waals surface area (Å²) in [6, 6.07) is 7.99. The quantitative estimate of drug-likeness (QED) is 0.928. The lowest BCUT2D eigenvalue weighted by molar-refractivity contribution is -0.118. The standard InChI is InChI=1S/C15H18BrN3O/c1-9(2)15(20)17-14-13(10(3)18-19(14)4)11-5-7-12(16)8-6-11/h5-9H,1-4H3,(H,17,20). The third kappa shape index (κ3) is 2.93. The van der Waals surface area contributed by atoms with Crippen LogP contribution in [0.4, 0.5) is 5.82 Å². The van der Waals surface area contributed by atoms with Gasteiger partial charge >= 0.3 is 0 Å². The monoisotopic (exact) mass is 335 g/mol. The van der Waals surface area contributed by atoms with Crippen LogP contribution in [-0.2, 0) is 11.8 Å². The van der Waals surface area contributed by atoms with E-state index in [0.717, 1.165) is 27.1 Å². The number of nitrogens with zero attached hydrogens (tertiary/aromatic N) is 2. The van der Waals surface area contributed by atoms with Crippen LogP contribution in [0.3, 0.4) is 0 Å². The van der Waals surface area contributed by atoms with Gasteiger partial charge in [-0.2, -0.15) is 5.10 Å². The van der Waals surface area contributed by atoms with Crippen LogP contribution < -0.4 is 5.32 Å². The van der Waals surface area contributed by atoms with Crippen molar-refractivity contribution >= 4 is 27.7 Å². The number of carbonyl (C=O) groups excluding carboxylic acids is 1. The van der Waals surface area contributed by atoms with E-state index < -0.39 is 0 Å². The molecule has 0 unspecified atom stereocenters. The van der Waals surface area contributed by atoms with Crippen molar-refractivity contribution in [2.75, 3.05) is 5.32 Å². The van der Waals surface area contributed by atoms with E-state index in [-0.39, 0.29) is 11.8 Å². The molecule has 2 rings (SSSR count). The molecule has 0 spiro atoms. The first-order valence-corrected chi connectivity index (χ1v) is 7.30. The van der Waals surface area contributed by atoms with E-state index in [4.69, 9.17) is 0 Å². The SMILES string of the molecule is Cc1nn(C)c(NC(=O)C(C)C)c1-c1ccc(Br)cc1. The van der Waals surface area contributed by atoms with Gasteiger partial charge < -0.3 is 5.32 Å². The predicted octanol–water partition coefficient (Wildman–Crippen LogP) is 3.75. The van der Waals surface area contributed by atoms with E-state index >= 15 is 0 Å². The maximum absolute atomic E-state index is 12.0. The molecule has 0 saturated carbocycles. The fourth-order valence-corrected chi connectivity index (χ4v) is 2.29. The first-order chi connectivity index (χ1) is 9.40. The van der Waals surface area contributed by atoms with E-state index in [9.17, 15) is 4.79 Å². The summed E-state index contributed by atoms with van der Waals surface area (Å²) in [6.45, 7) is 5.69. The number of aryl methyl sites for hydroxylation is 2. The van der Waals surface area contributed by atoms with Gasteiger partial charge in [0.2, 0.25) is 5.91 Å². The number of hydrogen-bond acceptors (Lipinski definition) is 2. The lowest BCUT2D eigenvalue weighted by atomic mass is 10.1. The number of aromatic nitrogens is 2. The zero-order valence-corrected chi connectivity index (χ0v) is 13.7. The molecular weight excluding hydrogens is 318 g/mol.